The first kappa shape index (κ1) is 11.8. The largest absolute Gasteiger partial charge is 0.388 e. The molecule has 5 heteroatoms. The van der Waals surface area contributed by atoms with E-state index >= 15 is 0 Å². The molecule has 2 rings (SSSR count). The van der Waals surface area contributed by atoms with Gasteiger partial charge in [-0.05, 0) is 35.7 Å². The summed E-state index contributed by atoms with van der Waals surface area (Å²) in [6, 6.07) is 1.82. The summed E-state index contributed by atoms with van der Waals surface area (Å²) in [6.07, 6.45) is 3.99. The van der Waals surface area contributed by atoms with Crippen molar-refractivity contribution < 1.29 is 5.11 Å². The second-order valence-electron chi connectivity index (χ2n) is 4.41. The van der Waals surface area contributed by atoms with Gasteiger partial charge in [0.25, 0.3) is 0 Å². The molecule has 0 saturated heterocycles. The maximum atomic E-state index is 10.2. The molecule has 0 amide bonds. The van der Waals surface area contributed by atoms with Crippen LogP contribution in [0.25, 0.3) is 0 Å². The smallest absolute Gasteiger partial charge is 0.130 e. The predicted octanol–water partition coefficient (Wildman–Crippen LogP) is 2.26. The van der Waals surface area contributed by atoms with E-state index in [0.29, 0.717) is 6.54 Å². The first-order valence-electron chi connectivity index (χ1n) is 5.55. The molecule has 0 bridgehead atoms. The van der Waals surface area contributed by atoms with Gasteiger partial charge in [0.1, 0.15) is 16.2 Å². The SMILES string of the molecule is Cc1nc(Br)cc(NCC2(O)CCCC2)n1. The molecule has 1 aromatic heterocycles. The molecular weight excluding hydrogens is 270 g/mol. The molecular formula is C11H16BrN3O. The maximum absolute atomic E-state index is 10.2. The fraction of sp³-hybridized carbons (Fsp3) is 0.636. The monoisotopic (exact) mass is 285 g/mol. The molecule has 88 valence electrons. The highest BCUT2D eigenvalue weighted by Gasteiger charge is 2.30. The minimum atomic E-state index is -0.550. The fourth-order valence-electron chi connectivity index (χ4n) is 2.09. The number of hydrogen-bond donors (Lipinski definition) is 2. The number of aromatic nitrogens is 2. The van der Waals surface area contributed by atoms with Gasteiger partial charge in [0.2, 0.25) is 0 Å². The van der Waals surface area contributed by atoms with Crippen molar-refractivity contribution in [2.24, 2.45) is 0 Å². The van der Waals surface area contributed by atoms with Crippen LogP contribution in [-0.4, -0.2) is 27.2 Å². The Morgan fingerprint density at radius 3 is 2.75 bits per heavy atom. The second kappa shape index (κ2) is 4.67. The molecule has 1 aliphatic rings. The van der Waals surface area contributed by atoms with Crippen LogP contribution in [0.2, 0.25) is 0 Å². The summed E-state index contributed by atoms with van der Waals surface area (Å²) < 4.78 is 0.765. The number of halogens is 1. The van der Waals surface area contributed by atoms with E-state index in [1.807, 2.05) is 13.0 Å². The Labute approximate surface area is 104 Å². The zero-order valence-electron chi connectivity index (χ0n) is 9.33. The normalized spacial score (nSPS) is 18.7. The molecule has 1 aromatic rings. The minimum absolute atomic E-state index is 0.550. The Morgan fingerprint density at radius 1 is 1.44 bits per heavy atom. The Morgan fingerprint density at radius 2 is 2.12 bits per heavy atom. The summed E-state index contributed by atoms with van der Waals surface area (Å²) in [5, 5.41) is 13.4. The van der Waals surface area contributed by atoms with Crippen LogP contribution in [0.15, 0.2) is 10.7 Å². The van der Waals surface area contributed by atoms with Crippen LogP contribution in [-0.2, 0) is 0 Å². The van der Waals surface area contributed by atoms with Crippen LogP contribution in [0.3, 0.4) is 0 Å². The third kappa shape index (κ3) is 2.92. The van der Waals surface area contributed by atoms with E-state index in [1.165, 1.54) is 0 Å². The summed E-state index contributed by atoms with van der Waals surface area (Å²) in [4.78, 5) is 8.40. The van der Waals surface area contributed by atoms with Gasteiger partial charge in [0, 0.05) is 12.6 Å². The van der Waals surface area contributed by atoms with Gasteiger partial charge >= 0.3 is 0 Å². The molecule has 0 spiro atoms. The number of nitrogens with zero attached hydrogens (tertiary/aromatic N) is 2. The van der Waals surface area contributed by atoms with Crippen molar-refractivity contribution in [3.63, 3.8) is 0 Å². The van der Waals surface area contributed by atoms with Crippen molar-refractivity contribution in [3.05, 3.63) is 16.5 Å². The summed E-state index contributed by atoms with van der Waals surface area (Å²) >= 11 is 3.33. The van der Waals surface area contributed by atoms with Crippen LogP contribution in [0.1, 0.15) is 31.5 Å². The Balaban J connectivity index is 1.98. The molecule has 0 radical (unpaired) electrons. The molecule has 2 N–H and O–H groups in total. The number of aryl methyl sites for hydroxylation is 1. The number of anilines is 1. The van der Waals surface area contributed by atoms with Crippen LogP contribution in [0.4, 0.5) is 5.82 Å². The van der Waals surface area contributed by atoms with Crippen LogP contribution in [0, 0.1) is 6.92 Å². The molecule has 0 unspecified atom stereocenters. The average Bonchev–Trinajstić information content (AvgIpc) is 2.62. The Bertz CT molecular complexity index is 357. The van der Waals surface area contributed by atoms with Crippen LogP contribution >= 0.6 is 15.9 Å². The zero-order valence-corrected chi connectivity index (χ0v) is 10.9. The number of hydrogen-bond acceptors (Lipinski definition) is 4. The highest BCUT2D eigenvalue weighted by molar-refractivity contribution is 9.10. The number of nitrogens with one attached hydrogen (secondary N) is 1. The number of aliphatic hydroxyl groups is 1. The third-order valence-corrected chi connectivity index (χ3v) is 3.35. The quantitative estimate of drug-likeness (QED) is 0.837. The molecule has 0 aromatic carbocycles. The lowest BCUT2D eigenvalue weighted by Gasteiger charge is -2.22. The van der Waals surface area contributed by atoms with E-state index < -0.39 is 5.60 Å². The van der Waals surface area contributed by atoms with Crippen molar-refractivity contribution in [3.8, 4) is 0 Å². The Hall–Kier alpha value is -0.680. The molecule has 1 fully saturated rings. The first-order valence-corrected chi connectivity index (χ1v) is 6.34. The Kier molecular flexibility index (Phi) is 3.44. The van der Waals surface area contributed by atoms with Crippen LogP contribution in [0.5, 0.6) is 0 Å². The van der Waals surface area contributed by atoms with Crippen molar-refractivity contribution in [2.75, 3.05) is 11.9 Å². The summed E-state index contributed by atoms with van der Waals surface area (Å²) in [7, 11) is 0. The van der Waals surface area contributed by atoms with E-state index in [1.54, 1.807) is 0 Å². The highest BCUT2D eigenvalue weighted by atomic mass is 79.9. The van der Waals surface area contributed by atoms with E-state index in [4.69, 9.17) is 0 Å². The molecule has 4 nitrogen and oxygen atoms in total. The van der Waals surface area contributed by atoms with E-state index in [9.17, 15) is 5.11 Å². The van der Waals surface area contributed by atoms with Gasteiger partial charge in [-0.15, -0.1) is 0 Å². The van der Waals surface area contributed by atoms with Crippen molar-refractivity contribution in [1.82, 2.24) is 9.97 Å². The van der Waals surface area contributed by atoms with Gasteiger partial charge in [-0.3, -0.25) is 0 Å². The van der Waals surface area contributed by atoms with Gasteiger partial charge in [0.15, 0.2) is 0 Å². The molecule has 1 heterocycles. The van der Waals surface area contributed by atoms with Crippen LogP contribution < -0.4 is 5.32 Å². The van der Waals surface area contributed by atoms with Gasteiger partial charge in [0.05, 0.1) is 5.60 Å². The predicted molar refractivity (Wildman–Crippen MR) is 66.4 cm³/mol. The molecule has 1 aliphatic carbocycles. The molecule has 0 aliphatic heterocycles. The fourth-order valence-corrected chi connectivity index (χ4v) is 2.56. The summed E-state index contributed by atoms with van der Waals surface area (Å²) in [6.45, 7) is 2.41. The van der Waals surface area contributed by atoms with Gasteiger partial charge in [-0.25, -0.2) is 9.97 Å². The highest BCUT2D eigenvalue weighted by Crippen LogP contribution is 2.29. The summed E-state index contributed by atoms with van der Waals surface area (Å²) in [5.41, 5.74) is -0.550. The number of rotatable bonds is 3. The van der Waals surface area contributed by atoms with E-state index in [2.05, 4.69) is 31.2 Å². The third-order valence-electron chi connectivity index (χ3n) is 2.94. The standard InChI is InChI=1S/C11H16BrN3O/c1-8-14-9(12)6-10(15-8)13-7-11(16)4-2-3-5-11/h6,16H,2-5,7H2,1H3,(H,13,14,15). The zero-order chi connectivity index (χ0) is 11.6. The second-order valence-corrected chi connectivity index (χ2v) is 5.22. The van der Waals surface area contributed by atoms with Gasteiger partial charge < -0.3 is 10.4 Å². The topological polar surface area (TPSA) is 58.0 Å². The lowest BCUT2D eigenvalue weighted by atomic mass is 10.0. The summed E-state index contributed by atoms with van der Waals surface area (Å²) in [5.74, 6) is 1.48. The van der Waals surface area contributed by atoms with Crippen molar-refractivity contribution in [1.29, 1.82) is 0 Å². The maximum Gasteiger partial charge on any atom is 0.130 e. The van der Waals surface area contributed by atoms with Crippen molar-refractivity contribution in [2.45, 2.75) is 38.2 Å². The lowest BCUT2D eigenvalue weighted by molar-refractivity contribution is 0.0614. The molecule has 0 atom stereocenters. The average molecular weight is 286 g/mol. The van der Waals surface area contributed by atoms with Gasteiger partial charge in [-0.1, -0.05) is 12.8 Å². The molecule has 16 heavy (non-hydrogen) atoms. The van der Waals surface area contributed by atoms with Crippen molar-refractivity contribution >= 4 is 21.7 Å². The lowest BCUT2D eigenvalue weighted by Crippen LogP contribution is -2.33. The molecule has 1 saturated carbocycles. The van der Waals surface area contributed by atoms with Gasteiger partial charge in [-0.2, -0.15) is 0 Å². The first-order chi connectivity index (χ1) is 7.57. The minimum Gasteiger partial charge on any atom is -0.388 e. The van der Waals surface area contributed by atoms with E-state index in [-0.39, 0.29) is 0 Å². The van der Waals surface area contributed by atoms with E-state index in [0.717, 1.165) is 41.9 Å².